The third-order valence-electron chi connectivity index (χ3n) is 2.86. The zero-order valence-corrected chi connectivity index (χ0v) is 10.7. The van der Waals surface area contributed by atoms with Crippen molar-refractivity contribution in [1.82, 2.24) is 4.90 Å². The van der Waals surface area contributed by atoms with E-state index in [9.17, 15) is 9.59 Å². The number of rotatable bonds is 3. The van der Waals surface area contributed by atoms with Crippen LogP contribution in [-0.4, -0.2) is 41.4 Å². The van der Waals surface area contributed by atoms with E-state index in [1.807, 2.05) is 30.5 Å². The van der Waals surface area contributed by atoms with Gasteiger partial charge in [-0.25, -0.2) is 4.79 Å². The van der Waals surface area contributed by atoms with E-state index in [1.54, 1.807) is 11.8 Å². The van der Waals surface area contributed by atoms with E-state index < -0.39 is 11.9 Å². The Kier molecular flexibility index (Phi) is 3.76. The molecule has 0 aliphatic carbocycles. The maximum Gasteiger partial charge on any atom is 0.321 e. The second-order valence-electron chi connectivity index (χ2n) is 4.10. The smallest absolute Gasteiger partial charge is 0.321 e. The Labute approximate surface area is 109 Å². The Morgan fingerprint density at radius 3 is 2.44 bits per heavy atom. The minimum absolute atomic E-state index is 0.246. The first-order chi connectivity index (χ1) is 8.60. The molecule has 2 N–H and O–H groups in total. The topological polar surface area (TPSA) is 69.6 Å². The molecule has 1 aliphatic heterocycles. The zero-order valence-electron chi connectivity index (χ0n) is 9.92. The van der Waals surface area contributed by atoms with E-state index in [-0.39, 0.29) is 19.1 Å². The fraction of sp³-hybridized carbons (Fsp3) is 0.333. The first-order valence-corrected chi connectivity index (χ1v) is 6.75. The number of carbonyl (C=O) groups excluding carboxylic acids is 1. The molecule has 0 bridgehead atoms. The van der Waals surface area contributed by atoms with E-state index in [0.29, 0.717) is 0 Å². The van der Waals surface area contributed by atoms with Crippen LogP contribution in [0.5, 0.6) is 0 Å². The minimum atomic E-state index is -0.844. The highest BCUT2D eigenvalue weighted by Crippen LogP contribution is 2.20. The van der Waals surface area contributed by atoms with Crippen LogP contribution in [-0.2, 0) is 4.79 Å². The average molecular weight is 266 g/mol. The molecule has 1 aromatic carbocycles. The number of hydrogen-bond acceptors (Lipinski definition) is 3. The van der Waals surface area contributed by atoms with Crippen LogP contribution in [0.15, 0.2) is 29.2 Å². The molecule has 1 aliphatic rings. The summed E-state index contributed by atoms with van der Waals surface area (Å²) in [6, 6.07) is 7.27. The van der Waals surface area contributed by atoms with E-state index in [4.69, 9.17) is 5.11 Å². The number of thioether (sulfide) groups is 1. The largest absolute Gasteiger partial charge is 0.481 e. The summed E-state index contributed by atoms with van der Waals surface area (Å²) in [7, 11) is 0. The normalized spacial score (nSPS) is 15.1. The number of likely N-dealkylation sites (tertiary alicyclic amines) is 1. The van der Waals surface area contributed by atoms with Crippen molar-refractivity contribution in [2.45, 2.75) is 4.90 Å². The number of hydrogen-bond donors (Lipinski definition) is 2. The molecule has 0 spiro atoms. The van der Waals surface area contributed by atoms with Gasteiger partial charge in [0.1, 0.15) is 0 Å². The standard InChI is InChI=1S/C12H14N2O3S/c1-18-10-4-2-9(3-5-10)13-12(17)14-6-8(7-14)11(15)16/h2-5,8H,6-7H2,1H3,(H,13,17)(H,15,16). The van der Waals surface area contributed by atoms with Gasteiger partial charge in [0.15, 0.2) is 0 Å². The zero-order chi connectivity index (χ0) is 13.1. The van der Waals surface area contributed by atoms with Crippen LogP contribution >= 0.6 is 11.8 Å². The Morgan fingerprint density at radius 2 is 1.94 bits per heavy atom. The van der Waals surface area contributed by atoms with Gasteiger partial charge in [0, 0.05) is 23.7 Å². The van der Waals surface area contributed by atoms with Gasteiger partial charge in [-0.3, -0.25) is 4.79 Å². The number of nitrogens with zero attached hydrogens (tertiary/aromatic N) is 1. The summed E-state index contributed by atoms with van der Waals surface area (Å²) in [5.41, 5.74) is 0.719. The number of carboxylic acid groups (broad SMARTS) is 1. The lowest BCUT2D eigenvalue weighted by molar-refractivity contribution is -0.145. The summed E-state index contributed by atoms with van der Waals surface area (Å²) in [4.78, 5) is 25.0. The molecule has 1 aromatic rings. The highest BCUT2D eigenvalue weighted by atomic mass is 32.2. The van der Waals surface area contributed by atoms with Crippen LogP contribution < -0.4 is 5.32 Å². The van der Waals surface area contributed by atoms with E-state index >= 15 is 0 Å². The van der Waals surface area contributed by atoms with Crippen molar-refractivity contribution in [2.75, 3.05) is 24.7 Å². The molecule has 1 saturated heterocycles. The summed E-state index contributed by atoms with van der Waals surface area (Å²) < 4.78 is 0. The van der Waals surface area contributed by atoms with Gasteiger partial charge in [-0.15, -0.1) is 11.8 Å². The SMILES string of the molecule is CSc1ccc(NC(=O)N2CC(C(=O)O)C2)cc1. The number of benzene rings is 1. The number of carbonyl (C=O) groups is 2. The van der Waals surface area contributed by atoms with Crippen LogP contribution in [0.4, 0.5) is 10.5 Å². The van der Waals surface area contributed by atoms with Gasteiger partial charge in [-0.05, 0) is 30.5 Å². The van der Waals surface area contributed by atoms with Crippen LogP contribution in [0.25, 0.3) is 0 Å². The highest BCUT2D eigenvalue weighted by molar-refractivity contribution is 7.98. The summed E-state index contributed by atoms with van der Waals surface area (Å²) in [6.07, 6.45) is 1.99. The van der Waals surface area contributed by atoms with Crippen molar-refractivity contribution >= 4 is 29.4 Å². The first kappa shape index (κ1) is 12.8. The molecule has 2 rings (SSSR count). The number of urea groups is 1. The summed E-state index contributed by atoms with van der Waals surface area (Å²) in [6.45, 7) is 0.564. The predicted molar refractivity (Wildman–Crippen MR) is 69.9 cm³/mol. The van der Waals surface area contributed by atoms with E-state index in [0.717, 1.165) is 10.6 Å². The molecular formula is C12H14N2O3S. The monoisotopic (exact) mass is 266 g/mol. The fourth-order valence-electron chi connectivity index (χ4n) is 1.68. The van der Waals surface area contributed by atoms with Crippen molar-refractivity contribution in [3.63, 3.8) is 0 Å². The summed E-state index contributed by atoms with van der Waals surface area (Å²) >= 11 is 1.63. The van der Waals surface area contributed by atoms with Crippen molar-refractivity contribution < 1.29 is 14.7 Å². The predicted octanol–water partition coefficient (Wildman–Crippen LogP) is 1.96. The van der Waals surface area contributed by atoms with Crippen molar-refractivity contribution in [3.05, 3.63) is 24.3 Å². The number of anilines is 1. The molecule has 2 amide bonds. The molecule has 1 heterocycles. The van der Waals surface area contributed by atoms with Gasteiger partial charge in [0.2, 0.25) is 0 Å². The molecule has 0 aromatic heterocycles. The molecule has 0 saturated carbocycles. The van der Waals surface area contributed by atoms with Crippen LogP contribution in [0.2, 0.25) is 0 Å². The number of aliphatic carboxylic acids is 1. The highest BCUT2D eigenvalue weighted by Gasteiger charge is 2.35. The molecule has 96 valence electrons. The van der Waals surface area contributed by atoms with Gasteiger partial charge in [0.25, 0.3) is 0 Å². The second-order valence-corrected chi connectivity index (χ2v) is 4.98. The number of carboxylic acids is 1. The Balaban J connectivity index is 1.86. The minimum Gasteiger partial charge on any atom is -0.481 e. The van der Waals surface area contributed by atoms with E-state index in [2.05, 4.69) is 5.32 Å². The Morgan fingerprint density at radius 1 is 1.33 bits per heavy atom. The third-order valence-corrected chi connectivity index (χ3v) is 3.60. The molecular weight excluding hydrogens is 252 g/mol. The van der Waals surface area contributed by atoms with Crippen LogP contribution in [0.1, 0.15) is 0 Å². The van der Waals surface area contributed by atoms with Crippen molar-refractivity contribution in [1.29, 1.82) is 0 Å². The van der Waals surface area contributed by atoms with Gasteiger partial charge in [-0.2, -0.15) is 0 Å². The molecule has 18 heavy (non-hydrogen) atoms. The van der Waals surface area contributed by atoms with E-state index in [1.165, 1.54) is 4.90 Å². The molecule has 0 unspecified atom stereocenters. The number of nitrogens with one attached hydrogen (secondary N) is 1. The maximum atomic E-state index is 11.7. The average Bonchev–Trinajstić information content (AvgIpc) is 2.27. The Hall–Kier alpha value is -1.69. The van der Waals surface area contributed by atoms with Crippen molar-refractivity contribution in [2.24, 2.45) is 5.92 Å². The summed E-state index contributed by atoms with van der Waals surface area (Å²) in [5.74, 6) is -1.27. The molecule has 0 radical (unpaired) electrons. The summed E-state index contributed by atoms with van der Waals surface area (Å²) in [5, 5.41) is 11.5. The van der Waals surface area contributed by atoms with Crippen LogP contribution in [0, 0.1) is 5.92 Å². The van der Waals surface area contributed by atoms with Gasteiger partial charge in [0.05, 0.1) is 5.92 Å². The molecule has 0 atom stereocenters. The molecule has 6 heteroatoms. The lowest BCUT2D eigenvalue weighted by Gasteiger charge is -2.36. The van der Waals surface area contributed by atoms with Crippen LogP contribution in [0.3, 0.4) is 0 Å². The fourth-order valence-corrected chi connectivity index (χ4v) is 2.09. The van der Waals surface area contributed by atoms with Crippen molar-refractivity contribution in [3.8, 4) is 0 Å². The molecule has 5 nitrogen and oxygen atoms in total. The lowest BCUT2D eigenvalue weighted by Crippen LogP contribution is -2.54. The first-order valence-electron chi connectivity index (χ1n) is 5.53. The quantitative estimate of drug-likeness (QED) is 0.820. The molecule has 1 fully saturated rings. The lowest BCUT2D eigenvalue weighted by atomic mass is 10.0. The third kappa shape index (κ3) is 2.76. The van der Waals surface area contributed by atoms with Gasteiger partial charge in [-0.1, -0.05) is 0 Å². The number of amides is 2. The van der Waals surface area contributed by atoms with Gasteiger partial charge >= 0.3 is 12.0 Å². The second kappa shape index (κ2) is 5.30. The maximum absolute atomic E-state index is 11.7. The Bertz CT molecular complexity index is 455. The van der Waals surface area contributed by atoms with Gasteiger partial charge < -0.3 is 15.3 Å².